The lowest BCUT2D eigenvalue weighted by Gasteiger charge is -2.17. The highest BCUT2D eigenvalue weighted by Crippen LogP contribution is 2.24. The highest BCUT2D eigenvalue weighted by molar-refractivity contribution is 6.30. The van der Waals surface area contributed by atoms with Gasteiger partial charge >= 0.3 is 0 Å². The average molecular weight is 384 g/mol. The molecule has 0 aromatic heterocycles. The number of rotatable bonds is 2. The molecule has 0 fully saturated rings. The van der Waals surface area contributed by atoms with Crippen LogP contribution in [0.2, 0.25) is 5.02 Å². The summed E-state index contributed by atoms with van der Waals surface area (Å²) in [5.74, 6) is 5.78. The average Bonchev–Trinajstić information content (AvgIpc) is 2.72. The van der Waals surface area contributed by atoms with Crippen molar-refractivity contribution in [3.05, 3.63) is 112 Å². The van der Waals surface area contributed by atoms with Crippen LogP contribution < -0.4 is 5.32 Å². The molecular formula is C24H14ClNO2. The number of fused-ring (bicyclic) bond motifs is 1. The van der Waals surface area contributed by atoms with Crippen LogP contribution in [-0.2, 0) is 0 Å². The van der Waals surface area contributed by atoms with Gasteiger partial charge in [-0.1, -0.05) is 59.8 Å². The Bertz CT molecular complexity index is 1180. The highest BCUT2D eigenvalue weighted by atomic mass is 35.5. The van der Waals surface area contributed by atoms with Crippen LogP contribution in [0.5, 0.6) is 0 Å². The summed E-state index contributed by atoms with van der Waals surface area (Å²) < 4.78 is 0. The van der Waals surface area contributed by atoms with Gasteiger partial charge in [0.15, 0.2) is 5.78 Å². The zero-order valence-corrected chi connectivity index (χ0v) is 15.5. The number of anilines is 1. The van der Waals surface area contributed by atoms with E-state index in [1.807, 2.05) is 36.4 Å². The molecule has 3 aromatic carbocycles. The van der Waals surface area contributed by atoms with Crippen molar-refractivity contribution in [2.24, 2.45) is 0 Å². The summed E-state index contributed by atoms with van der Waals surface area (Å²) in [6.07, 6.45) is 1.34. The molecular weight excluding hydrogens is 370 g/mol. The molecule has 0 radical (unpaired) electrons. The van der Waals surface area contributed by atoms with E-state index in [-0.39, 0.29) is 17.3 Å². The minimum atomic E-state index is -0.212. The molecule has 0 atom stereocenters. The van der Waals surface area contributed by atoms with Crippen LogP contribution in [0.4, 0.5) is 5.69 Å². The van der Waals surface area contributed by atoms with E-state index in [1.165, 1.54) is 6.08 Å². The number of hydrogen-bond donors (Lipinski definition) is 1. The number of Topliss-reactive ketones (excluding diaryl/α,β-unsaturated/α-hetero) is 1. The van der Waals surface area contributed by atoms with Gasteiger partial charge in [-0.15, -0.1) is 0 Å². The maximum atomic E-state index is 12.8. The first-order valence-corrected chi connectivity index (χ1v) is 9.03. The zero-order valence-electron chi connectivity index (χ0n) is 14.7. The third kappa shape index (κ3) is 3.59. The minimum absolute atomic E-state index is 0.192. The van der Waals surface area contributed by atoms with E-state index in [4.69, 9.17) is 11.6 Å². The number of allylic oxidation sites excluding steroid dienone is 2. The molecule has 0 heterocycles. The van der Waals surface area contributed by atoms with Gasteiger partial charge in [-0.2, -0.15) is 0 Å². The Morgan fingerprint density at radius 1 is 0.750 bits per heavy atom. The Kier molecular flexibility index (Phi) is 4.80. The van der Waals surface area contributed by atoms with E-state index in [2.05, 4.69) is 17.2 Å². The fourth-order valence-electron chi connectivity index (χ4n) is 2.93. The topological polar surface area (TPSA) is 46.2 Å². The lowest BCUT2D eigenvalue weighted by Crippen LogP contribution is -2.21. The van der Waals surface area contributed by atoms with Gasteiger partial charge in [0.05, 0.1) is 11.4 Å². The third-order valence-corrected chi connectivity index (χ3v) is 4.59. The van der Waals surface area contributed by atoms with Gasteiger partial charge in [0.25, 0.3) is 0 Å². The monoisotopic (exact) mass is 383 g/mol. The van der Waals surface area contributed by atoms with Crippen LogP contribution in [0.3, 0.4) is 0 Å². The number of ketones is 2. The van der Waals surface area contributed by atoms with E-state index in [1.54, 1.807) is 36.4 Å². The van der Waals surface area contributed by atoms with Crippen molar-refractivity contribution in [3.8, 4) is 11.8 Å². The standard InChI is InChI=1S/C24H14ClNO2/c25-18-13-10-16(11-14-18)9-12-17-5-1-4-8-21(17)26-22-15-23(27)19-6-2-3-7-20(19)24(22)28/h1-8,10-11,13-15,26H. The molecule has 0 bridgehead atoms. The number of nitrogens with one attached hydrogen (secondary N) is 1. The largest absolute Gasteiger partial charge is 0.351 e. The van der Waals surface area contributed by atoms with Gasteiger partial charge in [0, 0.05) is 33.4 Å². The molecule has 0 spiro atoms. The lowest BCUT2D eigenvalue weighted by molar-refractivity contribution is 0.0985. The molecule has 0 saturated carbocycles. The van der Waals surface area contributed by atoms with E-state index in [9.17, 15) is 9.59 Å². The molecule has 0 saturated heterocycles. The molecule has 134 valence electrons. The molecule has 1 N–H and O–H groups in total. The van der Waals surface area contributed by atoms with Crippen molar-refractivity contribution < 1.29 is 9.59 Å². The number of benzene rings is 3. The molecule has 0 unspecified atom stereocenters. The van der Waals surface area contributed by atoms with Gasteiger partial charge < -0.3 is 5.32 Å². The molecule has 4 rings (SSSR count). The van der Waals surface area contributed by atoms with Gasteiger partial charge in [0.2, 0.25) is 5.78 Å². The Morgan fingerprint density at radius 2 is 1.43 bits per heavy atom. The maximum absolute atomic E-state index is 12.8. The quantitative estimate of drug-likeness (QED) is 0.625. The summed E-state index contributed by atoms with van der Waals surface area (Å²) in [5, 5.41) is 3.74. The van der Waals surface area contributed by atoms with E-state index in [0.717, 1.165) is 11.1 Å². The fourth-order valence-corrected chi connectivity index (χ4v) is 3.05. The van der Waals surface area contributed by atoms with Crippen LogP contribution in [0.1, 0.15) is 31.8 Å². The Labute approximate surface area is 167 Å². The van der Waals surface area contributed by atoms with Crippen molar-refractivity contribution in [1.29, 1.82) is 0 Å². The SMILES string of the molecule is O=C1C=C(Nc2ccccc2C#Cc2ccc(Cl)cc2)C(=O)c2ccccc21. The first-order valence-electron chi connectivity index (χ1n) is 8.65. The predicted octanol–water partition coefficient (Wildman–Crippen LogP) is 5.11. The van der Waals surface area contributed by atoms with Gasteiger partial charge in [-0.05, 0) is 36.4 Å². The van der Waals surface area contributed by atoms with Gasteiger partial charge in [-0.3, -0.25) is 9.59 Å². The molecule has 3 nitrogen and oxygen atoms in total. The smallest absolute Gasteiger partial charge is 0.210 e. The number of carbonyl (C=O) groups is 2. The second kappa shape index (κ2) is 7.56. The Balaban J connectivity index is 1.64. The van der Waals surface area contributed by atoms with Crippen LogP contribution >= 0.6 is 11.6 Å². The molecule has 0 amide bonds. The van der Waals surface area contributed by atoms with Crippen LogP contribution in [-0.4, -0.2) is 11.6 Å². The first kappa shape index (κ1) is 17.8. The zero-order chi connectivity index (χ0) is 19.5. The summed E-state index contributed by atoms with van der Waals surface area (Å²) in [4.78, 5) is 25.1. The van der Waals surface area contributed by atoms with Crippen LogP contribution in [0.15, 0.2) is 84.6 Å². The fraction of sp³-hybridized carbons (Fsp3) is 0. The molecule has 3 aromatic rings. The van der Waals surface area contributed by atoms with Crippen molar-refractivity contribution in [2.75, 3.05) is 5.32 Å². The highest BCUT2D eigenvalue weighted by Gasteiger charge is 2.25. The summed E-state index contributed by atoms with van der Waals surface area (Å²) in [7, 11) is 0. The second-order valence-electron chi connectivity index (χ2n) is 6.22. The van der Waals surface area contributed by atoms with Crippen molar-refractivity contribution in [3.63, 3.8) is 0 Å². The minimum Gasteiger partial charge on any atom is -0.351 e. The molecule has 1 aliphatic carbocycles. The van der Waals surface area contributed by atoms with Gasteiger partial charge in [-0.25, -0.2) is 0 Å². The number of halogens is 1. The summed E-state index contributed by atoms with van der Waals surface area (Å²) in [6, 6.07) is 21.5. The van der Waals surface area contributed by atoms with Gasteiger partial charge in [0.1, 0.15) is 0 Å². The summed E-state index contributed by atoms with van der Waals surface area (Å²) in [5.41, 5.74) is 3.28. The lowest BCUT2D eigenvalue weighted by atomic mass is 9.92. The molecule has 1 aliphatic rings. The maximum Gasteiger partial charge on any atom is 0.210 e. The second-order valence-corrected chi connectivity index (χ2v) is 6.66. The first-order chi connectivity index (χ1) is 13.6. The number of carbonyl (C=O) groups excluding carboxylic acids is 2. The van der Waals surface area contributed by atoms with E-state index < -0.39 is 0 Å². The van der Waals surface area contributed by atoms with Crippen molar-refractivity contribution in [2.45, 2.75) is 0 Å². The Morgan fingerprint density at radius 3 is 2.21 bits per heavy atom. The molecule has 0 aliphatic heterocycles. The van der Waals surface area contributed by atoms with E-state index in [0.29, 0.717) is 21.8 Å². The summed E-state index contributed by atoms with van der Waals surface area (Å²) in [6.45, 7) is 0. The summed E-state index contributed by atoms with van der Waals surface area (Å²) >= 11 is 5.90. The Hall–Kier alpha value is -3.61. The van der Waals surface area contributed by atoms with Crippen LogP contribution in [0.25, 0.3) is 0 Å². The number of hydrogen-bond acceptors (Lipinski definition) is 3. The van der Waals surface area contributed by atoms with E-state index >= 15 is 0 Å². The third-order valence-electron chi connectivity index (χ3n) is 4.34. The molecule has 4 heteroatoms. The van der Waals surface area contributed by atoms with Crippen molar-refractivity contribution in [1.82, 2.24) is 0 Å². The molecule has 28 heavy (non-hydrogen) atoms. The van der Waals surface area contributed by atoms with Crippen molar-refractivity contribution >= 4 is 28.9 Å². The van der Waals surface area contributed by atoms with Crippen LogP contribution in [0, 0.1) is 11.8 Å². The normalized spacial score (nSPS) is 12.5. The predicted molar refractivity (Wildman–Crippen MR) is 111 cm³/mol. The number of para-hydroxylation sites is 1.